The molecule has 1 atom stereocenters. The van der Waals surface area contributed by atoms with Crippen molar-refractivity contribution in [2.45, 2.75) is 72.2 Å². The van der Waals surface area contributed by atoms with Gasteiger partial charge in [0.15, 0.2) is 11.2 Å². The molecule has 10 heteroatoms. The summed E-state index contributed by atoms with van der Waals surface area (Å²) in [6, 6.07) is 9.37. The summed E-state index contributed by atoms with van der Waals surface area (Å²) in [5.41, 5.74) is -0.210. The van der Waals surface area contributed by atoms with Crippen LogP contribution in [0.2, 0.25) is 5.15 Å². The molecule has 0 aliphatic rings. The molecule has 9 nitrogen and oxygen atoms in total. The Hall–Kier alpha value is -3.04. The topological polar surface area (TPSA) is 111 Å². The van der Waals surface area contributed by atoms with E-state index in [0.29, 0.717) is 18.9 Å². The lowest BCUT2D eigenvalue weighted by Gasteiger charge is -2.32. The summed E-state index contributed by atoms with van der Waals surface area (Å²) in [6.45, 7) is 14.1. The third kappa shape index (κ3) is 7.24. The van der Waals surface area contributed by atoms with Crippen LogP contribution in [0.5, 0.6) is 0 Å². The fourth-order valence-electron chi connectivity index (χ4n) is 3.76. The van der Waals surface area contributed by atoms with Crippen LogP contribution >= 0.6 is 11.6 Å². The molecule has 0 fully saturated rings. The average Bonchev–Trinajstić information content (AvgIpc) is 2.74. The molecule has 0 saturated heterocycles. The van der Waals surface area contributed by atoms with E-state index in [1.54, 1.807) is 4.57 Å². The highest BCUT2D eigenvalue weighted by Crippen LogP contribution is 2.23. The predicted octanol–water partition coefficient (Wildman–Crippen LogP) is 4.48. The van der Waals surface area contributed by atoms with Crippen molar-refractivity contribution in [2.75, 3.05) is 6.54 Å². The maximum Gasteiger partial charge on any atom is 0.408 e. The largest absolute Gasteiger partial charge is 0.444 e. The van der Waals surface area contributed by atoms with Crippen molar-refractivity contribution in [1.29, 1.82) is 0 Å². The van der Waals surface area contributed by atoms with Crippen LogP contribution in [-0.2, 0) is 11.3 Å². The van der Waals surface area contributed by atoms with Gasteiger partial charge in [0, 0.05) is 6.54 Å². The first-order chi connectivity index (χ1) is 16.8. The number of carbonyl (C=O) groups excluding carboxylic acids is 1. The summed E-state index contributed by atoms with van der Waals surface area (Å²) in [6.07, 6.45) is 0.854. The number of fused-ring (bicyclic) bond motifs is 1. The number of aromatic nitrogens is 4. The van der Waals surface area contributed by atoms with Crippen LogP contribution in [0.4, 0.5) is 4.79 Å². The zero-order valence-corrected chi connectivity index (χ0v) is 22.7. The smallest absolute Gasteiger partial charge is 0.408 e. The van der Waals surface area contributed by atoms with Crippen molar-refractivity contribution >= 4 is 28.9 Å². The van der Waals surface area contributed by atoms with Gasteiger partial charge in [0.2, 0.25) is 0 Å². The zero-order valence-electron chi connectivity index (χ0n) is 21.9. The van der Waals surface area contributed by atoms with E-state index in [9.17, 15) is 9.59 Å². The Labute approximate surface area is 216 Å². The molecule has 2 aromatic heterocycles. The molecule has 0 radical (unpaired) electrons. The molecule has 0 aliphatic carbocycles. The number of nitrogens with one attached hydrogen (secondary N) is 2. The summed E-state index contributed by atoms with van der Waals surface area (Å²) < 4.78 is 7.04. The van der Waals surface area contributed by atoms with Gasteiger partial charge in [-0.15, -0.1) is 0 Å². The summed E-state index contributed by atoms with van der Waals surface area (Å²) in [7, 11) is 0. The molecule has 1 unspecified atom stereocenters. The summed E-state index contributed by atoms with van der Waals surface area (Å²) >= 11 is 6.06. The number of rotatable bonds is 8. The van der Waals surface area contributed by atoms with Gasteiger partial charge in [-0.2, -0.15) is 0 Å². The Kier molecular flexibility index (Phi) is 8.36. The number of hydrogen-bond acceptors (Lipinski definition) is 7. The highest BCUT2D eigenvalue weighted by Gasteiger charge is 2.29. The van der Waals surface area contributed by atoms with Crippen molar-refractivity contribution in [3.8, 4) is 0 Å². The molecule has 0 aliphatic heterocycles. The van der Waals surface area contributed by atoms with Gasteiger partial charge in [0.25, 0.3) is 5.56 Å². The Morgan fingerprint density at radius 1 is 1.11 bits per heavy atom. The van der Waals surface area contributed by atoms with Crippen LogP contribution in [0.3, 0.4) is 0 Å². The molecule has 1 aromatic carbocycles. The van der Waals surface area contributed by atoms with Crippen molar-refractivity contribution < 1.29 is 9.53 Å². The Balaban J connectivity index is 1.98. The van der Waals surface area contributed by atoms with Crippen molar-refractivity contribution in [3.05, 3.63) is 63.4 Å². The number of hydrogen-bond donors (Lipinski definition) is 2. The van der Waals surface area contributed by atoms with Crippen LogP contribution in [0.15, 0.2) is 41.3 Å². The van der Waals surface area contributed by atoms with E-state index in [2.05, 4.69) is 20.6 Å². The molecule has 0 spiro atoms. The van der Waals surface area contributed by atoms with Crippen molar-refractivity contribution in [3.63, 3.8) is 0 Å². The maximum atomic E-state index is 13.5. The summed E-state index contributed by atoms with van der Waals surface area (Å²) in [5, 5.41) is 6.58. The third-order valence-electron chi connectivity index (χ3n) is 5.40. The molecule has 3 aromatic rings. The Bertz CT molecular complexity index is 1270. The van der Waals surface area contributed by atoms with E-state index in [1.807, 2.05) is 78.8 Å². The van der Waals surface area contributed by atoms with E-state index in [0.717, 1.165) is 5.56 Å². The average molecular weight is 515 g/mol. The number of halogens is 1. The summed E-state index contributed by atoms with van der Waals surface area (Å²) in [5.74, 6) is 0.580. The number of benzene rings is 1. The van der Waals surface area contributed by atoms with Gasteiger partial charge in [0.1, 0.15) is 16.6 Å². The van der Waals surface area contributed by atoms with Crippen molar-refractivity contribution in [1.82, 2.24) is 30.2 Å². The maximum absolute atomic E-state index is 13.5. The number of amides is 1. The van der Waals surface area contributed by atoms with Crippen LogP contribution in [0.25, 0.3) is 11.2 Å². The normalized spacial score (nSPS) is 13.1. The van der Waals surface area contributed by atoms with Gasteiger partial charge in [-0.1, -0.05) is 55.8 Å². The van der Waals surface area contributed by atoms with E-state index < -0.39 is 17.2 Å². The highest BCUT2D eigenvalue weighted by atomic mass is 35.5. The Morgan fingerprint density at radius 2 is 1.78 bits per heavy atom. The number of ether oxygens (including phenoxy) is 1. The standard InChI is InChI=1S/C26H35ClN6O3/c1-16(2)19(29-15-26(6,7)32-24(35)36-25(3,4)5)22-31-21-20(28-13-18(27)30-21)23(34)33(22)14-17-11-9-8-10-12-17/h8-13,16,19,29H,14-15H2,1-7H3,(H,32,35). The highest BCUT2D eigenvalue weighted by molar-refractivity contribution is 6.29. The minimum absolute atomic E-state index is 0.0563. The first-order valence-corrected chi connectivity index (χ1v) is 12.3. The fraction of sp³-hybridized carbons (Fsp3) is 0.500. The first-order valence-electron chi connectivity index (χ1n) is 12.0. The van der Waals surface area contributed by atoms with Crippen molar-refractivity contribution in [2.24, 2.45) is 5.92 Å². The molecule has 3 rings (SSSR count). The van der Waals surface area contributed by atoms with Crippen LogP contribution in [0, 0.1) is 5.92 Å². The van der Waals surface area contributed by atoms with Gasteiger partial charge in [0.05, 0.1) is 24.3 Å². The minimum Gasteiger partial charge on any atom is -0.444 e. The molecule has 36 heavy (non-hydrogen) atoms. The second kappa shape index (κ2) is 10.9. The molecule has 1 amide bonds. The minimum atomic E-state index is -0.639. The van der Waals surface area contributed by atoms with E-state index in [-0.39, 0.29) is 33.8 Å². The van der Waals surface area contributed by atoms with E-state index in [1.165, 1.54) is 6.20 Å². The van der Waals surface area contributed by atoms with Gasteiger partial charge >= 0.3 is 6.09 Å². The summed E-state index contributed by atoms with van der Waals surface area (Å²) in [4.78, 5) is 39.1. The molecule has 0 bridgehead atoms. The van der Waals surface area contributed by atoms with Crippen LogP contribution in [0.1, 0.15) is 65.9 Å². The quantitative estimate of drug-likeness (QED) is 0.456. The molecular formula is C26H35ClN6O3. The SMILES string of the molecule is CC(C)C(NCC(C)(C)NC(=O)OC(C)(C)C)c1nc2nc(Cl)cnc2c(=O)n1Cc1ccccc1. The Morgan fingerprint density at radius 3 is 2.39 bits per heavy atom. The molecule has 0 saturated carbocycles. The zero-order chi connectivity index (χ0) is 26.7. The van der Waals surface area contributed by atoms with Gasteiger partial charge in [-0.25, -0.2) is 19.7 Å². The first kappa shape index (κ1) is 27.5. The second-order valence-electron chi connectivity index (χ2n) is 10.8. The molecule has 194 valence electrons. The molecular weight excluding hydrogens is 480 g/mol. The second-order valence-corrected chi connectivity index (χ2v) is 11.2. The lowest BCUT2D eigenvalue weighted by molar-refractivity contribution is 0.0469. The number of nitrogens with zero attached hydrogens (tertiary/aromatic N) is 4. The van der Waals surface area contributed by atoms with E-state index >= 15 is 0 Å². The molecule has 2 N–H and O–H groups in total. The van der Waals surface area contributed by atoms with Gasteiger partial charge in [-0.3, -0.25) is 9.36 Å². The number of carbonyl (C=O) groups is 1. The van der Waals surface area contributed by atoms with E-state index in [4.69, 9.17) is 21.3 Å². The van der Waals surface area contributed by atoms with Crippen LogP contribution in [-0.4, -0.2) is 43.3 Å². The lowest BCUT2D eigenvalue weighted by Crippen LogP contribution is -2.52. The van der Waals surface area contributed by atoms with Gasteiger partial charge < -0.3 is 15.4 Å². The third-order valence-corrected chi connectivity index (χ3v) is 5.58. The fourth-order valence-corrected chi connectivity index (χ4v) is 3.89. The number of alkyl carbamates (subject to hydrolysis) is 1. The monoisotopic (exact) mass is 514 g/mol. The molecule has 2 heterocycles. The lowest BCUT2D eigenvalue weighted by atomic mass is 10.00. The predicted molar refractivity (Wildman–Crippen MR) is 141 cm³/mol. The van der Waals surface area contributed by atoms with Gasteiger partial charge in [-0.05, 0) is 46.1 Å². The van der Waals surface area contributed by atoms with Crippen LogP contribution < -0.4 is 16.2 Å².